The van der Waals surface area contributed by atoms with E-state index in [1.54, 1.807) is 0 Å². The maximum atomic E-state index is 5.87. The second kappa shape index (κ2) is 4.84. The molecule has 2 aromatic rings. The van der Waals surface area contributed by atoms with Crippen LogP contribution in [0, 0.1) is 0 Å². The second-order valence-corrected chi connectivity index (χ2v) is 5.07. The lowest BCUT2D eigenvalue weighted by molar-refractivity contribution is 0.727. The van der Waals surface area contributed by atoms with Gasteiger partial charge < -0.3 is 5.73 Å². The maximum absolute atomic E-state index is 5.87. The Kier molecular flexibility index (Phi) is 3.43. The van der Waals surface area contributed by atoms with E-state index in [1.807, 2.05) is 13.1 Å². The van der Waals surface area contributed by atoms with Crippen molar-refractivity contribution in [1.29, 1.82) is 0 Å². The van der Waals surface area contributed by atoms with Gasteiger partial charge in [-0.2, -0.15) is 0 Å². The highest BCUT2D eigenvalue weighted by Crippen LogP contribution is 2.23. The highest BCUT2D eigenvalue weighted by molar-refractivity contribution is 5.85. The minimum atomic E-state index is 0.149. The van der Waals surface area contributed by atoms with E-state index in [-0.39, 0.29) is 6.04 Å². The smallest absolute Gasteiger partial charge is 0.0497 e. The van der Waals surface area contributed by atoms with Crippen molar-refractivity contribution in [2.24, 2.45) is 5.73 Å². The van der Waals surface area contributed by atoms with Gasteiger partial charge in [0.1, 0.15) is 0 Å². The topological polar surface area (TPSA) is 38.9 Å². The van der Waals surface area contributed by atoms with Crippen molar-refractivity contribution in [3.63, 3.8) is 0 Å². The molecule has 2 N–H and O–H groups in total. The molecule has 1 aromatic carbocycles. The van der Waals surface area contributed by atoms with Gasteiger partial charge in [-0.05, 0) is 35.9 Å². The van der Waals surface area contributed by atoms with E-state index in [4.69, 9.17) is 5.73 Å². The van der Waals surface area contributed by atoms with Gasteiger partial charge >= 0.3 is 0 Å². The first kappa shape index (κ1) is 12.1. The van der Waals surface area contributed by atoms with Crippen LogP contribution in [-0.2, 0) is 6.42 Å². The van der Waals surface area contributed by atoms with Crippen LogP contribution in [0.1, 0.15) is 37.9 Å². The van der Waals surface area contributed by atoms with Gasteiger partial charge in [0.25, 0.3) is 0 Å². The number of hydrogen-bond acceptors (Lipinski definition) is 2. The number of fused-ring (bicyclic) bond motifs is 1. The predicted octanol–water partition coefficient (Wildman–Crippen LogP) is 3.25. The molecular weight excluding hydrogens is 208 g/mol. The molecule has 2 nitrogen and oxygen atoms in total. The molecule has 0 aliphatic heterocycles. The lowest BCUT2D eigenvalue weighted by Crippen LogP contribution is -2.18. The molecule has 1 unspecified atom stereocenters. The van der Waals surface area contributed by atoms with Crippen LogP contribution in [0.4, 0.5) is 0 Å². The van der Waals surface area contributed by atoms with Crippen LogP contribution >= 0.6 is 0 Å². The molecule has 0 saturated heterocycles. The number of pyridine rings is 1. The molecule has 0 bridgehead atoms. The molecule has 2 rings (SSSR count). The monoisotopic (exact) mass is 228 g/mol. The summed E-state index contributed by atoms with van der Waals surface area (Å²) in [5.74, 6) is 0.544. The molecule has 1 heterocycles. The average Bonchev–Trinajstić information content (AvgIpc) is 2.28. The van der Waals surface area contributed by atoms with E-state index >= 15 is 0 Å². The zero-order valence-electron chi connectivity index (χ0n) is 10.8. The van der Waals surface area contributed by atoms with Gasteiger partial charge in [-0.3, -0.25) is 4.98 Å². The van der Waals surface area contributed by atoms with Crippen LogP contribution < -0.4 is 5.73 Å². The number of hydrogen-bond donors (Lipinski definition) is 1. The molecule has 0 fully saturated rings. The van der Waals surface area contributed by atoms with Gasteiger partial charge in [0, 0.05) is 29.7 Å². The van der Waals surface area contributed by atoms with Crippen molar-refractivity contribution in [3.05, 3.63) is 41.7 Å². The number of nitrogens with two attached hydrogens (primary N) is 1. The summed E-state index contributed by atoms with van der Waals surface area (Å²) in [6.07, 6.45) is 2.70. The maximum Gasteiger partial charge on any atom is 0.0497 e. The van der Waals surface area contributed by atoms with Crippen LogP contribution in [0.15, 0.2) is 30.5 Å². The van der Waals surface area contributed by atoms with E-state index < -0.39 is 0 Å². The van der Waals surface area contributed by atoms with E-state index in [0.29, 0.717) is 5.92 Å². The summed E-state index contributed by atoms with van der Waals surface area (Å²) < 4.78 is 0. The SMILES string of the molecule is CC(N)Cc1nccc2ccc(C(C)C)cc12. The Bertz CT molecular complexity index is 515. The minimum Gasteiger partial charge on any atom is -0.328 e. The van der Waals surface area contributed by atoms with E-state index in [1.165, 1.54) is 16.3 Å². The molecule has 0 aliphatic rings. The van der Waals surface area contributed by atoms with Crippen molar-refractivity contribution in [1.82, 2.24) is 4.98 Å². The number of benzene rings is 1. The zero-order chi connectivity index (χ0) is 12.4. The zero-order valence-corrected chi connectivity index (χ0v) is 10.8. The lowest BCUT2D eigenvalue weighted by Gasteiger charge is -2.11. The molecule has 0 spiro atoms. The summed E-state index contributed by atoms with van der Waals surface area (Å²) in [5.41, 5.74) is 8.34. The van der Waals surface area contributed by atoms with Gasteiger partial charge in [0.15, 0.2) is 0 Å². The van der Waals surface area contributed by atoms with Crippen LogP contribution in [0.2, 0.25) is 0 Å². The van der Waals surface area contributed by atoms with Crippen molar-refractivity contribution >= 4 is 10.8 Å². The van der Waals surface area contributed by atoms with E-state index in [9.17, 15) is 0 Å². The third-order valence-electron chi connectivity index (χ3n) is 3.05. The highest BCUT2D eigenvalue weighted by Gasteiger charge is 2.07. The van der Waals surface area contributed by atoms with E-state index in [2.05, 4.69) is 43.1 Å². The van der Waals surface area contributed by atoms with Gasteiger partial charge in [-0.25, -0.2) is 0 Å². The van der Waals surface area contributed by atoms with Gasteiger partial charge in [-0.15, -0.1) is 0 Å². The summed E-state index contributed by atoms with van der Waals surface area (Å²) in [7, 11) is 0. The van der Waals surface area contributed by atoms with Crippen LogP contribution in [0.5, 0.6) is 0 Å². The second-order valence-electron chi connectivity index (χ2n) is 5.07. The third kappa shape index (κ3) is 2.64. The number of rotatable bonds is 3. The molecule has 1 aromatic heterocycles. The molecule has 0 radical (unpaired) electrons. The molecule has 1 atom stereocenters. The Labute approximate surface area is 103 Å². The fourth-order valence-corrected chi connectivity index (χ4v) is 2.07. The molecule has 0 amide bonds. The van der Waals surface area contributed by atoms with Crippen molar-refractivity contribution < 1.29 is 0 Å². The molecule has 90 valence electrons. The first-order valence-electron chi connectivity index (χ1n) is 6.21. The first-order valence-corrected chi connectivity index (χ1v) is 6.21. The number of aromatic nitrogens is 1. The Hall–Kier alpha value is -1.41. The van der Waals surface area contributed by atoms with Crippen LogP contribution in [0.3, 0.4) is 0 Å². The summed E-state index contributed by atoms with van der Waals surface area (Å²) in [4.78, 5) is 4.47. The predicted molar refractivity (Wildman–Crippen MR) is 73.2 cm³/mol. The molecule has 17 heavy (non-hydrogen) atoms. The molecule has 0 aliphatic carbocycles. The highest BCUT2D eigenvalue weighted by atomic mass is 14.7. The Balaban J connectivity index is 2.55. The van der Waals surface area contributed by atoms with Crippen molar-refractivity contribution in [2.75, 3.05) is 0 Å². The van der Waals surface area contributed by atoms with Gasteiger partial charge in [0.05, 0.1) is 0 Å². The first-order chi connectivity index (χ1) is 8.08. The summed E-state index contributed by atoms with van der Waals surface area (Å²) in [6, 6.07) is 8.84. The van der Waals surface area contributed by atoms with Gasteiger partial charge in [-0.1, -0.05) is 26.0 Å². The Morgan fingerprint density at radius 3 is 2.59 bits per heavy atom. The standard InChI is InChI=1S/C15H20N2/c1-10(2)13-5-4-12-6-7-17-15(8-11(3)16)14(12)9-13/h4-7,9-11H,8,16H2,1-3H3. The van der Waals surface area contributed by atoms with E-state index in [0.717, 1.165) is 12.1 Å². The normalized spacial score (nSPS) is 13.2. The molecule has 0 saturated carbocycles. The fourth-order valence-electron chi connectivity index (χ4n) is 2.07. The average molecular weight is 228 g/mol. The number of nitrogens with zero attached hydrogens (tertiary/aromatic N) is 1. The Morgan fingerprint density at radius 1 is 1.18 bits per heavy atom. The lowest BCUT2D eigenvalue weighted by atomic mass is 9.97. The summed E-state index contributed by atoms with van der Waals surface area (Å²) >= 11 is 0. The summed E-state index contributed by atoms with van der Waals surface area (Å²) in [6.45, 7) is 6.44. The Morgan fingerprint density at radius 2 is 1.94 bits per heavy atom. The third-order valence-corrected chi connectivity index (χ3v) is 3.05. The van der Waals surface area contributed by atoms with Crippen LogP contribution in [-0.4, -0.2) is 11.0 Å². The summed E-state index contributed by atoms with van der Waals surface area (Å²) in [5, 5.41) is 2.50. The molecule has 2 heteroatoms. The fraction of sp³-hybridized carbons (Fsp3) is 0.400. The largest absolute Gasteiger partial charge is 0.328 e. The minimum absolute atomic E-state index is 0.149. The molecular formula is C15H20N2. The van der Waals surface area contributed by atoms with Crippen LogP contribution in [0.25, 0.3) is 10.8 Å². The van der Waals surface area contributed by atoms with Crippen molar-refractivity contribution in [3.8, 4) is 0 Å². The van der Waals surface area contributed by atoms with Crippen molar-refractivity contribution in [2.45, 2.75) is 39.2 Å². The quantitative estimate of drug-likeness (QED) is 0.875. The van der Waals surface area contributed by atoms with Gasteiger partial charge in [0.2, 0.25) is 0 Å².